The summed E-state index contributed by atoms with van der Waals surface area (Å²) in [6.07, 6.45) is 1.19. The van der Waals surface area contributed by atoms with E-state index in [2.05, 4.69) is 22.4 Å². The number of piperidine rings is 1. The van der Waals surface area contributed by atoms with Gasteiger partial charge < -0.3 is 4.90 Å². The van der Waals surface area contributed by atoms with E-state index in [9.17, 15) is 13.2 Å². The molecule has 1 aromatic heterocycles. The molecule has 1 aromatic carbocycles. The molecule has 0 N–H and O–H groups in total. The third kappa shape index (κ3) is 4.77. The number of nitrogens with zero attached hydrogens (tertiary/aromatic N) is 3. The average Bonchev–Trinajstić information content (AvgIpc) is 3.27. The van der Waals surface area contributed by atoms with Gasteiger partial charge in [-0.1, -0.05) is 23.8 Å². The Hall–Kier alpha value is -1.74. The quantitative estimate of drug-likeness (QED) is 0.707. The zero-order chi connectivity index (χ0) is 21.1. The van der Waals surface area contributed by atoms with Crippen molar-refractivity contribution in [3.05, 3.63) is 52.2 Å². The van der Waals surface area contributed by atoms with Crippen LogP contribution in [0.25, 0.3) is 0 Å². The van der Waals surface area contributed by atoms with E-state index in [1.807, 2.05) is 24.0 Å². The Morgan fingerprint density at radius 1 is 1.00 bits per heavy atom. The summed E-state index contributed by atoms with van der Waals surface area (Å²) in [5, 5.41) is 2.10. The highest BCUT2D eigenvalue weighted by atomic mass is 32.2. The molecule has 30 heavy (non-hydrogen) atoms. The van der Waals surface area contributed by atoms with Crippen molar-refractivity contribution in [3.8, 4) is 0 Å². The van der Waals surface area contributed by atoms with Crippen LogP contribution in [-0.4, -0.2) is 67.7 Å². The predicted octanol–water partition coefficient (Wildman–Crippen LogP) is 2.80. The molecule has 0 atom stereocenters. The highest BCUT2D eigenvalue weighted by molar-refractivity contribution is 7.89. The fourth-order valence-electron chi connectivity index (χ4n) is 4.21. The second-order valence-electron chi connectivity index (χ2n) is 8.17. The second kappa shape index (κ2) is 9.18. The van der Waals surface area contributed by atoms with Crippen molar-refractivity contribution in [2.24, 2.45) is 5.92 Å². The maximum atomic E-state index is 13.0. The van der Waals surface area contributed by atoms with E-state index in [4.69, 9.17) is 0 Å². The fraction of sp³-hybridized carbons (Fsp3) is 0.500. The Morgan fingerprint density at radius 3 is 2.27 bits per heavy atom. The molecule has 2 aromatic rings. The number of hydrogen-bond acceptors (Lipinski definition) is 5. The molecule has 3 heterocycles. The smallest absolute Gasteiger partial charge is 0.243 e. The van der Waals surface area contributed by atoms with E-state index in [1.165, 1.54) is 9.18 Å². The molecule has 0 saturated carbocycles. The third-order valence-corrected chi connectivity index (χ3v) is 8.88. The van der Waals surface area contributed by atoms with Crippen molar-refractivity contribution < 1.29 is 13.2 Å². The first-order valence-corrected chi connectivity index (χ1v) is 12.9. The fourth-order valence-corrected chi connectivity index (χ4v) is 6.43. The molecule has 0 unspecified atom stereocenters. The molecular weight excluding hydrogens is 418 g/mol. The first-order valence-electron chi connectivity index (χ1n) is 10.5. The van der Waals surface area contributed by atoms with Crippen molar-refractivity contribution in [2.75, 3.05) is 39.3 Å². The molecule has 0 radical (unpaired) electrons. The summed E-state index contributed by atoms with van der Waals surface area (Å²) >= 11 is 1.77. The van der Waals surface area contributed by atoms with Gasteiger partial charge in [0.25, 0.3) is 0 Å². The van der Waals surface area contributed by atoms with Gasteiger partial charge in [-0.25, -0.2) is 8.42 Å². The zero-order valence-corrected chi connectivity index (χ0v) is 19.0. The monoisotopic (exact) mass is 447 g/mol. The largest absolute Gasteiger partial charge is 0.340 e. The summed E-state index contributed by atoms with van der Waals surface area (Å²) in [6, 6.07) is 11.2. The number of carbonyl (C=O) groups excluding carboxylic acids is 1. The molecule has 2 aliphatic heterocycles. The van der Waals surface area contributed by atoms with Crippen molar-refractivity contribution in [1.29, 1.82) is 0 Å². The van der Waals surface area contributed by atoms with Crippen LogP contribution in [0.4, 0.5) is 0 Å². The molecule has 2 fully saturated rings. The minimum atomic E-state index is -3.48. The Morgan fingerprint density at radius 2 is 1.67 bits per heavy atom. The lowest BCUT2D eigenvalue weighted by molar-refractivity contribution is -0.138. The molecule has 4 rings (SSSR count). The van der Waals surface area contributed by atoms with Gasteiger partial charge in [0.1, 0.15) is 0 Å². The zero-order valence-electron chi connectivity index (χ0n) is 17.4. The highest BCUT2D eigenvalue weighted by Crippen LogP contribution is 2.26. The number of hydrogen-bond donors (Lipinski definition) is 0. The molecule has 2 aliphatic rings. The lowest BCUT2D eigenvalue weighted by Gasteiger charge is -2.38. The van der Waals surface area contributed by atoms with E-state index in [0.29, 0.717) is 30.8 Å². The maximum absolute atomic E-state index is 13.0. The van der Waals surface area contributed by atoms with Crippen LogP contribution >= 0.6 is 11.3 Å². The molecule has 1 amide bonds. The molecule has 2 saturated heterocycles. The van der Waals surface area contributed by atoms with Gasteiger partial charge in [-0.3, -0.25) is 9.69 Å². The molecule has 0 bridgehead atoms. The summed E-state index contributed by atoms with van der Waals surface area (Å²) < 4.78 is 27.3. The molecular formula is C22H29N3O3S2. The van der Waals surface area contributed by atoms with Gasteiger partial charge in [-0.05, 0) is 43.3 Å². The number of amides is 1. The predicted molar refractivity (Wildman–Crippen MR) is 119 cm³/mol. The van der Waals surface area contributed by atoms with E-state index >= 15 is 0 Å². The third-order valence-electron chi connectivity index (χ3n) is 6.11. The Kier molecular flexibility index (Phi) is 6.57. The standard InChI is InChI=1S/C22H29N3O3S2/c1-18-4-6-21(7-5-18)30(27,28)25-10-8-19(9-11-25)22(26)24-14-12-23(13-15-24)17-20-3-2-16-29-20/h2-7,16,19H,8-15,17H2,1H3. The summed E-state index contributed by atoms with van der Waals surface area (Å²) in [6.45, 7) is 7.01. The van der Waals surface area contributed by atoms with Crippen LogP contribution in [0.5, 0.6) is 0 Å². The lowest BCUT2D eigenvalue weighted by atomic mass is 9.96. The van der Waals surface area contributed by atoms with Crippen LogP contribution in [-0.2, 0) is 21.4 Å². The lowest BCUT2D eigenvalue weighted by Crippen LogP contribution is -2.51. The molecule has 0 aliphatic carbocycles. The minimum Gasteiger partial charge on any atom is -0.340 e. The molecule has 8 heteroatoms. The van der Waals surface area contributed by atoms with Crippen molar-refractivity contribution in [2.45, 2.75) is 31.2 Å². The van der Waals surface area contributed by atoms with Crippen LogP contribution in [0.3, 0.4) is 0 Å². The Labute approximate surface area is 183 Å². The number of sulfonamides is 1. The van der Waals surface area contributed by atoms with E-state index < -0.39 is 10.0 Å². The number of benzene rings is 1. The SMILES string of the molecule is Cc1ccc(S(=O)(=O)N2CCC(C(=O)N3CCN(Cc4cccs4)CC3)CC2)cc1. The number of piperazine rings is 1. The van der Waals surface area contributed by atoms with Gasteiger partial charge in [0.15, 0.2) is 0 Å². The van der Waals surface area contributed by atoms with Crippen LogP contribution in [0, 0.1) is 12.8 Å². The van der Waals surface area contributed by atoms with E-state index in [1.54, 1.807) is 23.5 Å². The normalized spacial score (nSPS) is 19.8. The maximum Gasteiger partial charge on any atom is 0.243 e. The summed E-state index contributed by atoms with van der Waals surface area (Å²) in [5.41, 5.74) is 1.04. The first kappa shape index (κ1) is 21.5. The number of carbonyl (C=O) groups is 1. The molecule has 162 valence electrons. The minimum absolute atomic E-state index is 0.0710. The van der Waals surface area contributed by atoms with Crippen LogP contribution in [0.15, 0.2) is 46.7 Å². The van der Waals surface area contributed by atoms with Gasteiger partial charge in [-0.2, -0.15) is 4.31 Å². The van der Waals surface area contributed by atoms with Gasteiger partial charge in [-0.15, -0.1) is 11.3 Å². The van der Waals surface area contributed by atoms with Crippen molar-refractivity contribution in [3.63, 3.8) is 0 Å². The average molecular weight is 448 g/mol. The van der Waals surface area contributed by atoms with Crippen LogP contribution in [0.2, 0.25) is 0 Å². The van der Waals surface area contributed by atoms with E-state index in [0.717, 1.165) is 38.3 Å². The topological polar surface area (TPSA) is 60.9 Å². The Bertz CT molecular complexity index is 942. The highest BCUT2D eigenvalue weighted by Gasteiger charge is 2.34. The van der Waals surface area contributed by atoms with Crippen molar-refractivity contribution in [1.82, 2.24) is 14.1 Å². The van der Waals surface area contributed by atoms with Gasteiger partial charge >= 0.3 is 0 Å². The number of aryl methyl sites for hydroxylation is 1. The Balaban J connectivity index is 1.28. The first-order chi connectivity index (χ1) is 14.4. The molecule has 0 spiro atoms. The summed E-state index contributed by atoms with van der Waals surface area (Å²) in [4.78, 5) is 19.0. The van der Waals surface area contributed by atoms with Crippen LogP contribution in [0.1, 0.15) is 23.3 Å². The van der Waals surface area contributed by atoms with Gasteiger partial charge in [0.2, 0.25) is 15.9 Å². The van der Waals surface area contributed by atoms with E-state index in [-0.39, 0.29) is 11.8 Å². The van der Waals surface area contributed by atoms with Gasteiger partial charge in [0, 0.05) is 56.6 Å². The molecule has 6 nitrogen and oxygen atoms in total. The van der Waals surface area contributed by atoms with Gasteiger partial charge in [0.05, 0.1) is 4.90 Å². The van der Waals surface area contributed by atoms with Crippen LogP contribution < -0.4 is 0 Å². The number of thiophene rings is 1. The van der Waals surface area contributed by atoms with Crippen molar-refractivity contribution >= 4 is 27.3 Å². The summed E-state index contributed by atoms with van der Waals surface area (Å²) in [5.74, 6) is 0.122. The number of rotatable bonds is 5. The second-order valence-corrected chi connectivity index (χ2v) is 11.1. The summed E-state index contributed by atoms with van der Waals surface area (Å²) in [7, 11) is -3.48.